The summed E-state index contributed by atoms with van der Waals surface area (Å²) in [6, 6.07) is 8.56. The van der Waals surface area contributed by atoms with Gasteiger partial charge in [-0.1, -0.05) is 30.3 Å². The number of alkyl halides is 3. The molecular formula is C13H14F3NO5. The lowest BCUT2D eigenvalue weighted by atomic mass is 10.2. The van der Waals surface area contributed by atoms with Crippen LogP contribution in [-0.4, -0.2) is 36.2 Å². The molecule has 0 aliphatic rings. The van der Waals surface area contributed by atoms with Crippen LogP contribution < -0.4 is 5.32 Å². The third-order valence-corrected chi connectivity index (χ3v) is 2.30. The van der Waals surface area contributed by atoms with Crippen molar-refractivity contribution in [3.8, 4) is 0 Å². The van der Waals surface area contributed by atoms with E-state index in [-0.39, 0.29) is 6.61 Å². The Bertz CT molecular complexity index is 492. The maximum absolute atomic E-state index is 12.0. The van der Waals surface area contributed by atoms with Crippen molar-refractivity contribution in [3.05, 3.63) is 35.9 Å². The Morgan fingerprint density at radius 2 is 1.86 bits per heavy atom. The number of ether oxygens (including phenoxy) is 2. The van der Waals surface area contributed by atoms with Gasteiger partial charge in [0.1, 0.15) is 19.4 Å². The molecule has 6 nitrogen and oxygen atoms in total. The van der Waals surface area contributed by atoms with E-state index in [4.69, 9.17) is 9.84 Å². The summed E-state index contributed by atoms with van der Waals surface area (Å²) in [5.41, 5.74) is 0.670. The van der Waals surface area contributed by atoms with E-state index in [0.29, 0.717) is 5.56 Å². The Morgan fingerprint density at radius 3 is 2.41 bits per heavy atom. The fourth-order valence-corrected chi connectivity index (χ4v) is 1.40. The quantitative estimate of drug-likeness (QED) is 0.753. The van der Waals surface area contributed by atoms with Crippen LogP contribution in [-0.2, 0) is 20.9 Å². The van der Waals surface area contributed by atoms with Gasteiger partial charge in [-0.25, -0.2) is 4.79 Å². The van der Waals surface area contributed by atoms with Gasteiger partial charge < -0.3 is 14.6 Å². The number of alkyl carbamates (subject to hydrolysis) is 1. The summed E-state index contributed by atoms with van der Waals surface area (Å²) in [4.78, 5) is 22.0. The predicted octanol–water partition coefficient (Wildman–Crippen LogP) is 2.29. The third-order valence-electron chi connectivity index (χ3n) is 2.30. The summed E-state index contributed by atoms with van der Waals surface area (Å²) in [5.74, 6) is -1.42. The van der Waals surface area contributed by atoms with Gasteiger partial charge >= 0.3 is 18.2 Å². The molecule has 0 aliphatic heterocycles. The molecule has 2 N–H and O–H groups in total. The van der Waals surface area contributed by atoms with Gasteiger partial charge in [0.2, 0.25) is 0 Å². The van der Waals surface area contributed by atoms with Crippen molar-refractivity contribution in [2.24, 2.45) is 0 Å². The molecule has 0 aromatic heterocycles. The number of rotatable bonds is 7. The highest BCUT2D eigenvalue weighted by Gasteiger charge is 2.30. The Labute approximate surface area is 123 Å². The van der Waals surface area contributed by atoms with Crippen LogP contribution in [0.25, 0.3) is 0 Å². The molecule has 1 amide bonds. The van der Waals surface area contributed by atoms with Gasteiger partial charge in [-0.05, 0) is 5.56 Å². The van der Waals surface area contributed by atoms with Crippen molar-refractivity contribution in [3.63, 3.8) is 0 Å². The number of benzene rings is 1. The highest BCUT2D eigenvalue weighted by Crippen LogP contribution is 2.15. The van der Waals surface area contributed by atoms with E-state index in [9.17, 15) is 22.8 Å². The molecule has 0 radical (unpaired) electrons. The molecular weight excluding hydrogens is 307 g/mol. The number of carboxylic acids is 1. The van der Waals surface area contributed by atoms with Gasteiger partial charge in [-0.3, -0.25) is 10.1 Å². The van der Waals surface area contributed by atoms with E-state index in [1.807, 2.05) is 5.32 Å². The van der Waals surface area contributed by atoms with Gasteiger partial charge in [0.15, 0.2) is 0 Å². The van der Waals surface area contributed by atoms with E-state index >= 15 is 0 Å². The minimum atomic E-state index is -4.63. The summed E-state index contributed by atoms with van der Waals surface area (Å²) in [6.07, 6.45) is -8.16. The second-order valence-corrected chi connectivity index (χ2v) is 4.22. The molecule has 0 bridgehead atoms. The summed E-state index contributed by atoms with van der Waals surface area (Å²) in [7, 11) is 0. The second kappa shape index (κ2) is 8.23. The van der Waals surface area contributed by atoms with Gasteiger partial charge in [0, 0.05) is 0 Å². The van der Waals surface area contributed by atoms with Crippen LogP contribution in [0.15, 0.2) is 30.3 Å². The van der Waals surface area contributed by atoms with Crippen LogP contribution in [0.1, 0.15) is 12.0 Å². The number of hydrogen-bond acceptors (Lipinski definition) is 4. The molecule has 0 spiro atoms. The highest BCUT2D eigenvalue weighted by atomic mass is 19.4. The van der Waals surface area contributed by atoms with Gasteiger partial charge in [0.25, 0.3) is 0 Å². The molecule has 1 rings (SSSR count). The SMILES string of the molecule is O=C(O)CC(NC(=O)OCc1ccccc1)OCC(F)(F)F. The zero-order valence-corrected chi connectivity index (χ0v) is 11.3. The number of hydrogen-bond donors (Lipinski definition) is 2. The monoisotopic (exact) mass is 321 g/mol. The maximum Gasteiger partial charge on any atom is 0.411 e. The van der Waals surface area contributed by atoms with Crippen LogP contribution in [0, 0.1) is 0 Å². The normalized spacial score (nSPS) is 12.5. The molecule has 22 heavy (non-hydrogen) atoms. The lowest BCUT2D eigenvalue weighted by Gasteiger charge is -2.18. The minimum Gasteiger partial charge on any atom is -0.481 e. The van der Waals surface area contributed by atoms with Crippen LogP contribution in [0.2, 0.25) is 0 Å². The highest BCUT2D eigenvalue weighted by molar-refractivity contribution is 5.70. The first-order valence-electron chi connectivity index (χ1n) is 6.13. The van der Waals surface area contributed by atoms with E-state index in [0.717, 1.165) is 0 Å². The first-order chi connectivity index (χ1) is 10.3. The maximum atomic E-state index is 12.0. The standard InChI is InChI=1S/C13H14F3NO5/c14-13(15,16)8-22-10(6-11(18)19)17-12(20)21-7-9-4-2-1-3-5-9/h1-5,10H,6-8H2,(H,17,20)(H,18,19). The fraction of sp³-hybridized carbons (Fsp3) is 0.385. The summed E-state index contributed by atoms with van der Waals surface area (Å²) in [6.45, 7) is -1.78. The molecule has 1 aromatic rings. The Hall–Kier alpha value is -2.29. The Kier molecular flexibility index (Phi) is 6.64. The summed E-state index contributed by atoms with van der Waals surface area (Å²) < 4.78 is 45.2. The third kappa shape index (κ3) is 8.10. The largest absolute Gasteiger partial charge is 0.481 e. The first kappa shape index (κ1) is 17.8. The number of aliphatic carboxylic acids is 1. The van der Waals surface area contributed by atoms with Gasteiger partial charge in [0.05, 0.1) is 6.42 Å². The predicted molar refractivity (Wildman–Crippen MR) is 67.8 cm³/mol. The first-order valence-corrected chi connectivity index (χ1v) is 6.13. The number of halogens is 3. The van der Waals surface area contributed by atoms with E-state index in [2.05, 4.69) is 4.74 Å². The lowest BCUT2D eigenvalue weighted by Crippen LogP contribution is -2.40. The van der Waals surface area contributed by atoms with E-state index in [1.165, 1.54) is 0 Å². The van der Waals surface area contributed by atoms with Crippen LogP contribution in [0.4, 0.5) is 18.0 Å². The fourth-order valence-electron chi connectivity index (χ4n) is 1.40. The van der Waals surface area contributed by atoms with Crippen molar-refractivity contribution in [1.29, 1.82) is 0 Å². The Morgan fingerprint density at radius 1 is 1.23 bits per heavy atom. The number of nitrogens with one attached hydrogen (secondary N) is 1. The lowest BCUT2D eigenvalue weighted by molar-refractivity contribution is -0.190. The molecule has 0 saturated carbocycles. The Balaban J connectivity index is 2.46. The van der Waals surface area contributed by atoms with Crippen LogP contribution >= 0.6 is 0 Å². The molecule has 9 heteroatoms. The topological polar surface area (TPSA) is 84.9 Å². The smallest absolute Gasteiger partial charge is 0.411 e. The van der Waals surface area contributed by atoms with E-state index in [1.54, 1.807) is 30.3 Å². The molecule has 1 aromatic carbocycles. The summed E-state index contributed by atoms with van der Waals surface area (Å²) in [5, 5.41) is 10.5. The summed E-state index contributed by atoms with van der Waals surface area (Å²) >= 11 is 0. The number of amides is 1. The van der Waals surface area contributed by atoms with Crippen molar-refractivity contribution < 1.29 is 37.3 Å². The van der Waals surface area contributed by atoms with Gasteiger partial charge in [-0.15, -0.1) is 0 Å². The minimum absolute atomic E-state index is 0.105. The van der Waals surface area contributed by atoms with E-state index < -0.39 is 37.5 Å². The van der Waals surface area contributed by atoms with Crippen molar-refractivity contribution >= 4 is 12.1 Å². The average Bonchev–Trinajstić information content (AvgIpc) is 2.42. The van der Waals surface area contributed by atoms with Crippen LogP contribution in [0.3, 0.4) is 0 Å². The average molecular weight is 321 g/mol. The molecule has 122 valence electrons. The zero-order valence-electron chi connectivity index (χ0n) is 11.3. The number of carbonyl (C=O) groups excluding carboxylic acids is 1. The molecule has 1 unspecified atom stereocenters. The number of carboxylic acid groups (broad SMARTS) is 1. The zero-order chi connectivity index (χ0) is 16.6. The molecule has 0 heterocycles. The van der Waals surface area contributed by atoms with Crippen molar-refractivity contribution in [2.75, 3.05) is 6.61 Å². The second-order valence-electron chi connectivity index (χ2n) is 4.22. The van der Waals surface area contributed by atoms with Gasteiger partial charge in [-0.2, -0.15) is 13.2 Å². The molecule has 0 fully saturated rings. The molecule has 0 saturated heterocycles. The molecule has 1 atom stereocenters. The molecule has 0 aliphatic carbocycles. The van der Waals surface area contributed by atoms with Crippen LogP contribution in [0.5, 0.6) is 0 Å². The van der Waals surface area contributed by atoms with Crippen molar-refractivity contribution in [1.82, 2.24) is 5.32 Å². The number of carbonyl (C=O) groups is 2. The van der Waals surface area contributed by atoms with Crippen molar-refractivity contribution in [2.45, 2.75) is 25.4 Å².